The fourth-order valence-electron chi connectivity index (χ4n) is 1.97. The molecule has 22 heavy (non-hydrogen) atoms. The van der Waals surface area contributed by atoms with Gasteiger partial charge in [-0.2, -0.15) is 0 Å². The van der Waals surface area contributed by atoms with Crippen molar-refractivity contribution in [2.75, 3.05) is 12.4 Å². The van der Waals surface area contributed by atoms with Crippen LogP contribution in [-0.4, -0.2) is 24.8 Å². The molecule has 0 atom stereocenters. The molecule has 0 aliphatic heterocycles. The first-order chi connectivity index (χ1) is 10.5. The highest BCUT2D eigenvalue weighted by atomic mass is 16.5. The molecule has 0 heterocycles. The number of esters is 1. The van der Waals surface area contributed by atoms with Crippen LogP contribution in [0, 0.1) is 0 Å². The minimum atomic E-state index is -0.464. The molecule has 0 fully saturated rings. The summed E-state index contributed by atoms with van der Waals surface area (Å²) in [5, 5.41) is 2.69. The summed E-state index contributed by atoms with van der Waals surface area (Å²) in [5.74, 6) is -0.948. The minimum absolute atomic E-state index is 0.128. The second-order valence-corrected chi connectivity index (χ2v) is 4.62. The summed E-state index contributed by atoms with van der Waals surface area (Å²) in [6.07, 6.45) is 0. The lowest BCUT2D eigenvalue weighted by molar-refractivity contribution is 0.0600. The number of carbonyl (C=O) groups excluding carboxylic acids is 3. The van der Waals surface area contributed by atoms with Crippen molar-refractivity contribution in [1.29, 1.82) is 0 Å². The molecule has 0 aliphatic rings. The fraction of sp³-hybridized carbons (Fsp3) is 0.118. The highest BCUT2D eigenvalue weighted by Gasteiger charge is 2.12. The predicted octanol–water partition coefficient (Wildman–Crippen LogP) is 2.93. The second-order valence-electron chi connectivity index (χ2n) is 4.62. The molecular weight excluding hydrogens is 282 g/mol. The first-order valence-electron chi connectivity index (χ1n) is 6.62. The third-order valence-corrected chi connectivity index (χ3v) is 3.12. The minimum Gasteiger partial charge on any atom is -0.465 e. The maximum Gasteiger partial charge on any atom is 0.337 e. The van der Waals surface area contributed by atoms with Gasteiger partial charge in [0.25, 0.3) is 5.91 Å². The molecule has 0 unspecified atom stereocenters. The molecule has 1 amide bonds. The quantitative estimate of drug-likeness (QED) is 0.695. The fourth-order valence-corrected chi connectivity index (χ4v) is 1.97. The number of nitrogens with one attached hydrogen (secondary N) is 1. The van der Waals surface area contributed by atoms with Gasteiger partial charge in [-0.15, -0.1) is 0 Å². The summed E-state index contributed by atoms with van der Waals surface area (Å²) in [6.45, 7) is 1.44. The van der Waals surface area contributed by atoms with Crippen LogP contribution in [0.4, 0.5) is 5.69 Å². The Hall–Kier alpha value is -2.95. The standard InChI is InChI=1S/C17H15NO4/c1-11(19)14-5-3-4-6-15(14)18-16(20)12-7-9-13(10-8-12)17(21)22-2/h3-10H,1-2H3,(H,18,20). The predicted molar refractivity (Wildman–Crippen MR) is 82.2 cm³/mol. The average molecular weight is 297 g/mol. The molecule has 0 aromatic heterocycles. The van der Waals surface area contributed by atoms with Crippen LogP contribution in [0.25, 0.3) is 0 Å². The molecule has 1 N–H and O–H groups in total. The van der Waals surface area contributed by atoms with Crippen LogP contribution in [-0.2, 0) is 4.74 Å². The van der Waals surface area contributed by atoms with Gasteiger partial charge in [-0.05, 0) is 43.3 Å². The number of hydrogen-bond acceptors (Lipinski definition) is 4. The number of carbonyl (C=O) groups is 3. The van der Waals surface area contributed by atoms with E-state index in [-0.39, 0.29) is 11.7 Å². The van der Waals surface area contributed by atoms with E-state index in [0.29, 0.717) is 22.4 Å². The largest absolute Gasteiger partial charge is 0.465 e. The molecule has 0 saturated heterocycles. The Morgan fingerprint density at radius 1 is 0.909 bits per heavy atom. The number of amides is 1. The van der Waals surface area contributed by atoms with E-state index in [0.717, 1.165) is 0 Å². The summed E-state index contributed by atoms with van der Waals surface area (Å²) >= 11 is 0. The van der Waals surface area contributed by atoms with Crippen molar-refractivity contribution < 1.29 is 19.1 Å². The summed E-state index contributed by atoms with van der Waals surface area (Å²) in [7, 11) is 1.29. The topological polar surface area (TPSA) is 72.5 Å². The Morgan fingerprint density at radius 2 is 1.50 bits per heavy atom. The monoisotopic (exact) mass is 297 g/mol. The van der Waals surface area contributed by atoms with Crippen molar-refractivity contribution in [1.82, 2.24) is 0 Å². The van der Waals surface area contributed by atoms with E-state index in [2.05, 4.69) is 10.1 Å². The Kier molecular flexibility index (Phi) is 4.68. The van der Waals surface area contributed by atoms with Crippen LogP contribution in [0.5, 0.6) is 0 Å². The maximum atomic E-state index is 12.2. The number of ketones is 1. The number of hydrogen-bond donors (Lipinski definition) is 1. The lowest BCUT2D eigenvalue weighted by atomic mass is 10.1. The van der Waals surface area contributed by atoms with E-state index >= 15 is 0 Å². The molecular formula is C17H15NO4. The summed E-state index contributed by atoms with van der Waals surface area (Å²) in [6, 6.07) is 12.9. The van der Waals surface area contributed by atoms with Crippen LogP contribution in [0.2, 0.25) is 0 Å². The van der Waals surface area contributed by atoms with E-state index in [1.54, 1.807) is 24.3 Å². The summed E-state index contributed by atoms with van der Waals surface area (Å²) in [5.41, 5.74) is 1.65. The zero-order chi connectivity index (χ0) is 16.1. The SMILES string of the molecule is COC(=O)c1ccc(C(=O)Nc2ccccc2C(C)=O)cc1. The van der Waals surface area contributed by atoms with Crippen LogP contribution in [0.3, 0.4) is 0 Å². The van der Waals surface area contributed by atoms with Crippen LogP contribution in [0.1, 0.15) is 38.0 Å². The van der Waals surface area contributed by atoms with Crippen LogP contribution < -0.4 is 5.32 Å². The third kappa shape index (κ3) is 3.38. The average Bonchev–Trinajstić information content (AvgIpc) is 2.54. The van der Waals surface area contributed by atoms with Crippen molar-refractivity contribution in [3.05, 3.63) is 65.2 Å². The highest BCUT2D eigenvalue weighted by Crippen LogP contribution is 2.17. The van der Waals surface area contributed by atoms with Crippen molar-refractivity contribution in [3.63, 3.8) is 0 Å². The van der Waals surface area contributed by atoms with Gasteiger partial charge in [0.15, 0.2) is 5.78 Å². The Labute approximate surface area is 127 Å². The van der Waals surface area contributed by atoms with Gasteiger partial charge in [0.1, 0.15) is 0 Å². The third-order valence-electron chi connectivity index (χ3n) is 3.12. The molecule has 0 bridgehead atoms. The van der Waals surface area contributed by atoms with Crippen molar-refractivity contribution in [3.8, 4) is 0 Å². The second kappa shape index (κ2) is 6.67. The summed E-state index contributed by atoms with van der Waals surface area (Å²) in [4.78, 5) is 35.1. The molecule has 2 aromatic carbocycles. The van der Waals surface area contributed by atoms with Crippen LogP contribution in [0.15, 0.2) is 48.5 Å². The van der Waals surface area contributed by atoms with Crippen molar-refractivity contribution in [2.45, 2.75) is 6.92 Å². The smallest absolute Gasteiger partial charge is 0.337 e. The van der Waals surface area contributed by atoms with E-state index in [9.17, 15) is 14.4 Å². The Morgan fingerprint density at radius 3 is 2.09 bits per heavy atom. The molecule has 0 radical (unpaired) electrons. The lowest BCUT2D eigenvalue weighted by Gasteiger charge is -2.09. The first-order valence-corrected chi connectivity index (χ1v) is 6.62. The van der Waals surface area contributed by atoms with E-state index in [1.807, 2.05) is 0 Å². The number of rotatable bonds is 4. The number of para-hydroxylation sites is 1. The zero-order valence-electron chi connectivity index (χ0n) is 12.3. The van der Waals surface area contributed by atoms with Gasteiger partial charge in [0.2, 0.25) is 0 Å². The Bertz CT molecular complexity index is 720. The maximum absolute atomic E-state index is 12.2. The highest BCUT2D eigenvalue weighted by molar-refractivity contribution is 6.09. The van der Waals surface area contributed by atoms with E-state index in [4.69, 9.17) is 0 Å². The van der Waals surface area contributed by atoms with Gasteiger partial charge in [0, 0.05) is 11.1 Å². The van der Waals surface area contributed by atoms with Crippen molar-refractivity contribution in [2.24, 2.45) is 0 Å². The number of benzene rings is 2. The molecule has 0 saturated carbocycles. The number of anilines is 1. The number of methoxy groups -OCH3 is 1. The molecule has 0 aliphatic carbocycles. The first kappa shape index (κ1) is 15.4. The lowest BCUT2D eigenvalue weighted by Crippen LogP contribution is -2.14. The van der Waals surface area contributed by atoms with E-state index < -0.39 is 5.97 Å². The molecule has 5 heteroatoms. The molecule has 5 nitrogen and oxygen atoms in total. The van der Waals surface area contributed by atoms with Gasteiger partial charge in [-0.3, -0.25) is 9.59 Å². The zero-order valence-corrected chi connectivity index (χ0v) is 12.3. The number of ether oxygens (including phenoxy) is 1. The van der Waals surface area contributed by atoms with Gasteiger partial charge < -0.3 is 10.1 Å². The van der Waals surface area contributed by atoms with Gasteiger partial charge >= 0.3 is 5.97 Å². The molecule has 112 valence electrons. The molecule has 2 aromatic rings. The van der Waals surface area contributed by atoms with Gasteiger partial charge in [-0.25, -0.2) is 4.79 Å². The Balaban J connectivity index is 2.19. The number of Topliss-reactive ketones (excluding diaryl/α,β-unsaturated/α-hetero) is 1. The molecule has 2 rings (SSSR count). The normalized spacial score (nSPS) is 9.91. The van der Waals surface area contributed by atoms with Crippen LogP contribution >= 0.6 is 0 Å². The van der Waals surface area contributed by atoms with Crippen molar-refractivity contribution >= 4 is 23.3 Å². The summed E-state index contributed by atoms with van der Waals surface area (Å²) < 4.78 is 4.60. The molecule has 0 spiro atoms. The van der Waals surface area contributed by atoms with Gasteiger partial charge in [0.05, 0.1) is 18.4 Å². The van der Waals surface area contributed by atoms with Gasteiger partial charge in [-0.1, -0.05) is 12.1 Å². The van der Waals surface area contributed by atoms with E-state index in [1.165, 1.54) is 38.3 Å².